The van der Waals surface area contributed by atoms with Gasteiger partial charge < -0.3 is 16.0 Å². The standard InChI is InChI=1S/C31H26ClN3O3S/c1-21(29(36)33-25-10-6-3-7-11-25)39-27-18-16-26(17-19-27)34-31(38)28(20-22-12-14-24(32)15-13-22)35-30(37)23-8-4-2-5-9-23/h2-21H,1H3,(H,33,36)(H,34,38)(H,35,37)/b28-20-. The molecular weight excluding hydrogens is 530 g/mol. The third kappa shape index (κ3) is 8.33. The molecule has 8 heteroatoms. The molecule has 0 fully saturated rings. The van der Waals surface area contributed by atoms with E-state index in [0.29, 0.717) is 21.8 Å². The fourth-order valence-corrected chi connectivity index (χ4v) is 4.50. The van der Waals surface area contributed by atoms with Crippen molar-refractivity contribution in [2.24, 2.45) is 0 Å². The van der Waals surface area contributed by atoms with Crippen molar-refractivity contribution in [2.45, 2.75) is 17.1 Å². The van der Waals surface area contributed by atoms with Crippen LogP contribution in [0.1, 0.15) is 22.8 Å². The summed E-state index contributed by atoms with van der Waals surface area (Å²) in [7, 11) is 0. The predicted octanol–water partition coefficient (Wildman–Crippen LogP) is 6.87. The fourth-order valence-electron chi connectivity index (χ4n) is 3.51. The maximum Gasteiger partial charge on any atom is 0.272 e. The molecule has 0 spiro atoms. The van der Waals surface area contributed by atoms with Crippen LogP contribution in [-0.4, -0.2) is 23.0 Å². The Morgan fingerprint density at radius 3 is 1.97 bits per heavy atom. The summed E-state index contributed by atoms with van der Waals surface area (Å²) < 4.78 is 0. The molecule has 0 aliphatic heterocycles. The Hall–Kier alpha value is -4.33. The average Bonchev–Trinajstić information content (AvgIpc) is 2.95. The Morgan fingerprint density at radius 2 is 1.33 bits per heavy atom. The molecule has 3 N–H and O–H groups in total. The maximum atomic E-state index is 13.2. The van der Waals surface area contributed by atoms with Crippen molar-refractivity contribution >= 4 is 58.5 Å². The van der Waals surface area contributed by atoms with Crippen molar-refractivity contribution < 1.29 is 14.4 Å². The molecule has 3 amide bonds. The second-order valence-electron chi connectivity index (χ2n) is 8.52. The van der Waals surface area contributed by atoms with E-state index < -0.39 is 11.8 Å². The van der Waals surface area contributed by atoms with Gasteiger partial charge >= 0.3 is 0 Å². The van der Waals surface area contributed by atoms with Gasteiger partial charge in [0.25, 0.3) is 11.8 Å². The van der Waals surface area contributed by atoms with Crippen molar-refractivity contribution in [3.63, 3.8) is 0 Å². The Kier molecular flexibility index (Phi) is 9.56. The first-order chi connectivity index (χ1) is 18.9. The van der Waals surface area contributed by atoms with Crippen molar-refractivity contribution in [3.8, 4) is 0 Å². The Morgan fingerprint density at radius 1 is 0.744 bits per heavy atom. The molecule has 0 aromatic heterocycles. The van der Waals surface area contributed by atoms with E-state index in [1.165, 1.54) is 11.8 Å². The number of rotatable bonds is 9. The zero-order valence-corrected chi connectivity index (χ0v) is 22.6. The third-order valence-electron chi connectivity index (χ3n) is 5.55. The first-order valence-electron chi connectivity index (χ1n) is 12.1. The van der Waals surface area contributed by atoms with Gasteiger partial charge in [0.2, 0.25) is 5.91 Å². The number of carbonyl (C=O) groups is 3. The largest absolute Gasteiger partial charge is 0.325 e. The van der Waals surface area contributed by atoms with Crippen LogP contribution >= 0.6 is 23.4 Å². The van der Waals surface area contributed by atoms with Crippen LogP contribution in [0.3, 0.4) is 0 Å². The molecule has 196 valence electrons. The van der Waals surface area contributed by atoms with Gasteiger partial charge in [-0.15, -0.1) is 11.8 Å². The van der Waals surface area contributed by atoms with Crippen LogP contribution < -0.4 is 16.0 Å². The monoisotopic (exact) mass is 555 g/mol. The van der Waals surface area contributed by atoms with E-state index >= 15 is 0 Å². The smallest absolute Gasteiger partial charge is 0.272 e. The minimum atomic E-state index is -0.481. The number of carbonyl (C=O) groups excluding carboxylic acids is 3. The highest BCUT2D eigenvalue weighted by molar-refractivity contribution is 8.00. The van der Waals surface area contributed by atoms with Crippen molar-refractivity contribution in [1.29, 1.82) is 0 Å². The zero-order valence-electron chi connectivity index (χ0n) is 21.1. The molecule has 1 unspecified atom stereocenters. The highest BCUT2D eigenvalue weighted by atomic mass is 35.5. The van der Waals surface area contributed by atoms with Gasteiger partial charge in [-0.05, 0) is 79.2 Å². The lowest BCUT2D eigenvalue weighted by atomic mass is 10.1. The number of benzene rings is 4. The lowest BCUT2D eigenvalue weighted by Gasteiger charge is -2.13. The second kappa shape index (κ2) is 13.5. The summed E-state index contributed by atoms with van der Waals surface area (Å²) in [5, 5.41) is 8.68. The van der Waals surface area contributed by atoms with Crippen LogP contribution in [0.2, 0.25) is 5.02 Å². The van der Waals surface area contributed by atoms with Crippen LogP contribution in [0, 0.1) is 0 Å². The highest BCUT2D eigenvalue weighted by Crippen LogP contribution is 2.26. The summed E-state index contributed by atoms with van der Waals surface area (Å²) in [5.41, 5.74) is 2.50. The quantitative estimate of drug-likeness (QED) is 0.155. The van der Waals surface area contributed by atoms with E-state index in [0.717, 1.165) is 10.6 Å². The van der Waals surface area contributed by atoms with E-state index in [9.17, 15) is 14.4 Å². The lowest BCUT2D eigenvalue weighted by Crippen LogP contribution is -2.30. The van der Waals surface area contributed by atoms with Crippen molar-refractivity contribution in [3.05, 3.63) is 131 Å². The Labute approximate surface area is 236 Å². The molecule has 0 aliphatic rings. The molecule has 0 bridgehead atoms. The highest BCUT2D eigenvalue weighted by Gasteiger charge is 2.17. The number of para-hydroxylation sites is 1. The number of nitrogens with one attached hydrogen (secondary N) is 3. The zero-order chi connectivity index (χ0) is 27.6. The van der Waals surface area contributed by atoms with Crippen molar-refractivity contribution in [2.75, 3.05) is 10.6 Å². The van der Waals surface area contributed by atoms with Gasteiger partial charge in [0.05, 0.1) is 5.25 Å². The first kappa shape index (κ1) is 27.7. The molecule has 4 aromatic rings. The average molecular weight is 556 g/mol. The molecule has 0 aliphatic carbocycles. The second-order valence-corrected chi connectivity index (χ2v) is 10.4. The van der Waals surface area contributed by atoms with E-state index in [1.54, 1.807) is 66.7 Å². The first-order valence-corrected chi connectivity index (χ1v) is 13.4. The van der Waals surface area contributed by atoms with Crippen LogP contribution in [0.25, 0.3) is 6.08 Å². The molecule has 0 saturated heterocycles. The number of amides is 3. The Balaban J connectivity index is 1.43. The Bertz CT molecular complexity index is 1460. The van der Waals surface area contributed by atoms with Gasteiger partial charge in [-0.1, -0.05) is 60.1 Å². The van der Waals surface area contributed by atoms with E-state index in [4.69, 9.17) is 11.6 Å². The number of hydrogen-bond donors (Lipinski definition) is 3. The number of halogens is 1. The van der Waals surface area contributed by atoms with Crippen LogP contribution in [0.5, 0.6) is 0 Å². The van der Waals surface area contributed by atoms with Gasteiger partial charge in [0, 0.05) is 26.9 Å². The van der Waals surface area contributed by atoms with E-state index in [-0.39, 0.29) is 16.9 Å². The fraction of sp³-hybridized carbons (Fsp3) is 0.0645. The number of anilines is 2. The third-order valence-corrected chi connectivity index (χ3v) is 6.91. The maximum absolute atomic E-state index is 13.2. The summed E-state index contributed by atoms with van der Waals surface area (Å²) in [4.78, 5) is 39.4. The topological polar surface area (TPSA) is 87.3 Å². The van der Waals surface area contributed by atoms with Gasteiger partial charge in [-0.25, -0.2) is 0 Å². The molecular formula is C31H26ClN3O3S. The molecule has 0 radical (unpaired) electrons. The van der Waals surface area contributed by atoms with Gasteiger partial charge in [0.1, 0.15) is 5.70 Å². The van der Waals surface area contributed by atoms with Crippen molar-refractivity contribution in [1.82, 2.24) is 5.32 Å². The summed E-state index contributed by atoms with van der Waals surface area (Å²) in [6.45, 7) is 1.84. The SMILES string of the molecule is CC(Sc1ccc(NC(=O)/C(=C/c2ccc(Cl)cc2)NC(=O)c2ccccc2)cc1)C(=O)Nc1ccccc1. The molecule has 0 saturated carbocycles. The van der Waals surface area contributed by atoms with E-state index in [1.807, 2.05) is 55.5 Å². The molecule has 0 heterocycles. The number of hydrogen-bond acceptors (Lipinski definition) is 4. The molecule has 6 nitrogen and oxygen atoms in total. The lowest BCUT2D eigenvalue weighted by molar-refractivity contribution is -0.115. The van der Waals surface area contributed by atoms with Crippen LogP contribution in [0.4, 0.5) is 11.4 Å². The van der Waals surface area contributed by atoms with Crippen LogP contribution in [0.15, 0.2) is 120 Å². The van der Waals surface area contributed by atoms with Gasteiger partial charge in [0.15, 0.2) is 0 Å². The van der Waals surface area contributed by atoms with Gasteiger partial charge in [-0.2, -0.15) is 0 Å². The molecule has 4 rings (SSSR count). The van der Waals surface area contributed by atoms with Crippen LogP contribution in [-0.2, 0) is 9.59 Å². The van der Waals surface area contributed by atoms with Gasteiger partial charge in [-0.3, -0.25) is 14.4 Å². The normalized spacial score (nSPS) is 11.8. The molecule has 4 aromatic carbocycles. The molecule has 1 atom stereocenters. The summed E-state index contributed by atoms with van der Waals surface area (Å²) in [6.07, 6.45) is 1.59. The summed E-state index contributed by atoms with van der Waals surface area (Å²) in [6, 6.07) is 32.0. The summed E-state index contributed by atoms with van der Waals surface area (Å²) in [5.74, 6) is -0.986. The number of thioether (sulfide) groups is 1. The predicted molar refractivity (Wildman–Crippen MR) is 159 cm³/mol. The summed E-state index contributed by atoms with van der Waals surface area (Å²) >= 11 is 7.40. The van der Waals surface area contributed by atoms with E-state index in [2.05, 4.69) is 16.0 Å². The minimum Gasteiger partial charge on any atom is -0.325 e. The minimum absolute atomic E-state index is 0.0795. The molecule has 39 heavy (non-hydrogen) atoms.